The molecule has 0 saturated heterocycles. The van der Waals surface area contributed by atoms with Crippen molar-refractivity contribution in [2.75, 3.05) is 5.32 Å². The third kappa shape index (κ3) is 3.07. The van der Waals surface area contributed by atoms with Crippen molar-refractivity contribution in [1.82, 2.24) is 4.98 Å². The van der Waals surface area contributed by atoms with Gasteiger partial charge in [-0.05, 0) is 36.4 Å². The van der Waals surface area contributed by atoms with E-state index in [1.54, 1.807) is 29.5 Å². The highest BCUT2D eigenvalue weighted by atomic mass is 32.1. The average Bonchev–Trinajstić information content (AvgIpc) is 3.08. The predicted molar refractivity (Wildman–Crippen MR) is 99.4 cm³/mol. The molecule has 0 aliphatic heterocycles. The Kier molecular flexibility index (Phi) is 4.18. The van der Waals surface area contributed by atoms with Crippen molar-refractivity contribution in [3.05, 3.63) is 83.9 Å². The number of hydrogen-bond donors (Lipinski definition) is 1. The zero-order valence-electron chi connectivity index (χ0n) is 13.4. The molecule has 0 radical (unpaired) electrons. The summed E-state index contributed by atoms with van der Waals surface area (Å²) in [5.41, 5.74) is 1.89. The maximum atomic E-state index is 13.8. The summed E-state index contributed by atoms with van der Waals surface area (Å²) in [5, 5.41) is 3.42. The fourth-order valence-corrected chi connectivity index (χ4v) is 3.57. The number of nitrogens with zero attached hydrogens (tertiary/aromatic N) is 1. The van der Waals surface area contributed by atoms with Gasteiger partial charge in [-0.25, -0.2) is 13.8 Å². The summed E-state index contributed by atoms with van der Waals surface area (Å²) in [6.45, 7) is 0. The molecule has 4 aromatic rings. The van der Waals surface area contributed by atoms with Crippen LogP contribution in [0.15, 0.2) is 66.7 Å². The molecular formula is C20H12F2N2OS. The molecule has 0 aliphatic rings. The number of rotatable bonds is 3. The van der Waals surface area contributed by atoms with Crippen LogP contribution in [0.2, 0.25) is 0 Å². The highest BCUT2D eigenvalue weighted by Gasteiger charge is 2.15. The number of benzene rings is 3. The van der Waals surface area contributed by atoms with Crippen molar-refractivity contribution >= 4 is 33.1 Å². The largest absolute Gasteiger partial charge is 0.322 e. The summed E-state index contributed by atoms with van der Waals surface area (Å²) in [5.74, 6) is -2.92. The maximum absolute atomic E-state index is 13.8. The average molecular weight is 366 g/mol. The molecule has 3 nitrogen and oxygen atoms in total. The Morgan fingerprint density at radius 3 is 2.62 bits per heavy atom. The first kappa shape index (κ1) is 16.4. The summed E-state index contributed by atoms with van der Waals surface area (Å²) in [7, 11) is 0. The summed E-state index contributed by atoms with van der Waals surface area (Å²) < 4.78 is 28.1. The van der Waals surface area contributed by atoms with Crippen molar-refractivity contribution in [3.63, 3.8) is 0 Å². The van der Waals surface area contributed by atoms with Crippen molar-refractivity contribution in [3.8, 4) is 10.6 Å². The van der Waals surface area contributed by atoms with E-state index in [4.69, 9.17) is 0 Å². The number of aromatic nitrogens is 1. The van der Waals surface area contributed by atoms with E-state index in [1.165, 1.54) is 12.1 Å². The van der Waals surface area contributed by atoms with Crippen LogP contribution >= 0.6 is 11.3 Å². The van der Waals surface area contributed by atoms with Crippen molar-refractivity contribution < 1.29 is 13.6 Å². The van der Waals surface area contributed by atoms with Crippen LogP contribution in [0.4, 0.5) is 14.5 Å². The van der Waals surface area contributed by atoms with Gasteiger partial charge in [-0.3, -0.25) is 4.79 Å². The first-order valence-corrected chi connectivity index (χ1v) is 8.65. The van der Waals surface area contributed by atoms with Crippen molar-refractivity contribution in [2.24, 2.45) is 0 Å². The third-order valence-electron chi connectivity index (χ3n) is 3.86. The summed E-state index contributed by atoms with van der Waals surface area (Å²) >= 11 is 1.55. The van der Waals surface area contributed by atoms with Gasteiger partial charge in [-0.1, -0.05) is 30.3 Å². The van der Waals surface area contributed by atoms with Gasteiger partial charge in [0.05, 0.1) is 15.8 Å². The molecule has 1 N–H and O–H groups in total. The Labute approximate surface area is 151 Å². The fourth-order valence-electron chi connectivity index (χ4n) is 2.60. The topological polar surface area (TPSA) is 42.0 Å². The molecule has 1 amide bonds. The second-order valence-electron chi connectivity index (χ2n) is 5.62. The fraction of sp³-hybridized carbons (Fsp3) is 0. The molecule has 0 unspecified atom stereocenters. The zero-order valence-corrected chi connectivity index (χ0v) is 14.2. The summed E-state index contributed by atoms with van der Waals surface area (Å²) in [4.78, 5) is 16.8. The lowest BCUT2D eigenvalue weighted by Gasteiger charge is -2.07. The molecule has 4 rings (SSSR count). The number of amides is 1. The lowest BCUT2D eigenvalue weighted by Crippen LogP contribution is -2.14. The van der Waals surface area contributed by atoms with Crippen LogP contribution in [0.25, 0.3) is 20.8 Å². The number of carbonyl (C=O) groups excluding carboxylic acids is 1. The Morgan fingerprint density at radius 2 is 1.77 bits per heavy atom. The van der Waals surface area contributed by atoms with E-state index >= 15 is 0 Å². The Morgan fingerprint density at radius 1 is 0.962 bits per heavy atom. The van der Waals surface area contributed by atoms with E-state index < -0.39 is 17.5 Å². The lowest BCUT2D eigenvalue weighted by atomic mass is 10.1. The number of anilines is 1. The van der Waals surface area contributed by atoms with Crippen molar-refractivity contribution in [1.29, 1.82) is 0 Å². The number of fused-ring (bicyclic) bond motifs is 1. The maximum Gasteiger partial charge on any atom is 0.258 e. The number of nitrogens with one attached hydrogen (secondary N) is 1. The van der Waals surface area contributed by atoms with Gasteiger partial charge in [-0.15, -0.1) is 11.3 Å². The molecular weight excluding hydrogens is 354 g/mol. The minimum Gasteiger partial charge on any atom is -0.322 e. The van der Waals surface area contributed by atoms with Crippen LogP contribution in [0.5, 0.6) is 0 Å². The molecule has 0 spiro atoms. The summed E-state index contributed by atoms with van der Waals surface area (Å²) in [6.07, 6.45) is 0. The molecule has 6 heteroatoms. The van der Waals surface area contributed by atoms with Crippen LogP contribution in [-0.2, 0) is 0 Å². The molecule has 128 valence electrons. The van der Waals surface area contributed by atoms with Gasteiger partial charge in [0.25, 0.3) is 5.91 Å². The quantitative estimate of drug-likeness (QED) is 0.521. The highest BCUT2D eigenvalue weighted by Crippen LogP contribution is 2.31. The molecule has 1 heterocycles. The Bertz CT molecular complexity index is 1090. The van der Waals surface area contributed by atoms with Gasteiger partial charge < -0.3 is 5.32 Å². The summed E-state index contributed by atoms with van der Waals surface area (Å²) in [6, 6.07) is 18.4. The van der Waals surface area contributed by atoms with E-state index in [0.29, 0.717) is 5.69 Å². The predicted octanol–water partition coefficient (Wildman–Crippen LogP) is 5.49. The molecule has 0 atom stereocenters. The van der Waals surface area contributed by atoms with Gasteiger partial charge in [0.1, 0.15) is 5.01 Å². The third-order valence-corrected chi connectivity index (χ3v) is 4.94. The highest BCUT2D eigenvalue weighted by molar-refractivity contribution is 7.21. The lowest BCUT2D eigenvalue weighted by molar-refractivity contribution is 0.102. The second kappa shape index (κ2) is 6.65. The zero-order chi connectivity index (χ0) is 18.1. The number of para-hydroxylation sites is 1. The van der Waals surface area contributed by atoms with Crippen LogP contribution in [0, 0.1) is 11.6 Å². The van der Waals surface area contributed by atoms with Gasteiger partial charge in [0.15, 0.2) is 11.6 Å². The Hall–Kier alpha value is -3.12. The standard InChI is InChI=1S/C20H12F2N2OS/c21-15-8-4-7-14(18(15)22)19(25)23-13-6-3-5-12(11-13)20-24-16-9-1-2-10-17(16)26-20/h1-11H,(H,23,25). The monoisotopic (exact) mass is 366 g/mol. The van der Waals surface area contributed by atoms with E-state index in [9.17, 15) is 13.6 Å². The minimum atomic E-state index is -1.16. The van der Waals surface area contributed by atoms with Crippen LogP contribution in [0.1, 0.15) is 10.4 Å². The minimum absolute atomic E-state index is 0.338. The van der Waals surface area contributed by atoms with Gasteiger partial charge >= 0.3 is 0 Å². The SMILES string of the molecule is O=C(Nc1cccc(-c2nc3ccccc3s2)c1)c1cccc(F)c1F. The molecule has 0 bridgehead atoms. The van der Waals surface area contributed by atoms with Gasteiger partial charge in [0.2, 0.25) is 0 Å². The van der Waals surface area contributed by atoms with Crippen LogP contribution in [-0.4, -0.2) is 10.9 Å². The Balaban J connectivity index is 1.63. The normalized spacial score (nSPS) is 10.8. The van der Waals surface area contributed by atoms with Crippen LogP contribution < -0.4 is 5.32 Å². The molecule has 26 heavy (non-hydrogen) atoms. The molecule has 0 aliphatic carbocycles. The number of halogens is 2. The molecule has 1 aromatic heterocycles. The number of carbonyl (C=O) groups is 1. The van der Waals surface area contributed by atoms with Gasteiger partial charge in [-0.2, -0.15) is 0 Å². The smallest absolute Gasteiger partial charge is 0.258 e. The van der Waals surface area contributed by atoms with Crippen molar-refractivity contribution in [2.45, 2.75) is 0 Å². The first-order valence-electron chi connectivity index (χ1n) is 7.83. The number of thiazole rings is 1. The van der Waals surface area contributed by atoms with Gasteiger partial charge in [0, 0.05) is 11.3 Å². The molecule has 3 aromatic carbocycles. The second-order valence-corrected chi connectivity index (χ2v) is 6.65. The van der Waals surface area contributed by atoms with E-state index in [-0.39, 0.29) is 5.56 Å². The van der Waals surface area contributed by atoms with Crippen LogP contribution in [0.3, 0.4) is 0 Å². The first-order chi connectivity index (χ1) is 12.6. The van der Waals surface area contributed by atoms with E-state index in [1.807, 2.05) is 30.3 Å². The molecule has 0 fully saturated rings. The van der Waals surface area contributed by atoms with E-state index in [0.717, 1.165) is 26.9 Å². The van der Waals surface area contributed by atoms with E-state index in [2.05, 4.69) is 10.3 Å². The molecule has 0 saturated carbocycles. The number of hydrogen-bond acceptors (Lipinski definition) is 3.